The molecule has 104 valence electrons. The lowest BCUT2D eigenvalue weighted by molar-refractivity contribution is -0.140. The molecule has 1 amide bonds. The zero-order valence-electron chi connectivity index (χ0n) is 11.2. The van der Waals surface area contributed by atoms with Gasteiger partial charge in [-0.1, -0.05) is 20.8 Å². The molecule has 6 heteroatoms. The van der Waals surface area contributed by atoms with Gasteiger partial charge in [-0.25, -0.2) is 0 Å². The third kappa shape index (κ3) is 3.10. The second kappa shape index (κ2) is 5.38. The highest BCUT2D eigenvalue weighted by Crippen LogP contribution is 2.58. The van der Waals surface area contributed by atoms with Gasteiger partial charge in [0.15, 0.2) is 0 Å². The molecule has 0 aliphatic heterocycles. The van der Waals surface area contributed by atoms with Gasteiger partial charge in [-0.05, 0) is 11.8 Å². The van der Waals surface area contributed by atoms with E-state index < -0.39 is 34.0 Å². The van der Waals surface area contributed by atoms with Crippen LogP contribution in [-0.2, 0) is 20.4 Å². The molecule has 4 unspecified atom stereocenters. The number of hydrogen-bond acceptors (Lipinski definition) is 3. The van der Waals surface area contributed by atoms with Crippen molar-refractivity contribution < 1.29 is 18.9 Å². The summed E-state index contributed by atoms with van der Waals surface area (Å²) in [7, 11) is -0.895. The van der Waals surface area contributed by atoms with Crippen LogP contribution >= 0.6 is 0 Å². The first kappa shape index (κ1) is 15.1. The first-order chi connectivity index (χ1) is 8.19. The van der Waals surface area contributed by atoms with Gasteiger partial charge in [0, 0.05) is 28.9 Å². The summed E-state index contributed by atoms with van der Waals surface area (Å²) < 4.78 is 11.1. The number of rotatable bonds is 6. The van der Waals surface area contributed by atoms with Crippen molar-refractivity contribution in [1.82, 2.24) is 5.32 Å². The van der Waals surface area contributed by atoms with Gasteiger partial charge >= 0.3 is 5.97 Å². The molecule has 1 aliphatic rings. The van der Waals surface area contributed by atoms with Gasteiger partial charge < -0.3 is 10.4 Å². The van der Waals surface area contributed by atoms with Crippen molar-refractivity contribution in [2.75, 3.05) is 12.8 Å². The van der Waals surface area contributed by atoms with E-state index in [-0.39, 0.29) is 11.2 Å². The van der Waals surface area contributed by atoms with E-state index in [4.69, 9.17) is 5.11 Å². The molecular formula is C12H21NO4S. The smallest absolute Gasteiger partial charge is 0.307 e. The van der Waals surface area contributed by atoms with Crippen molar-refractivity contribution in [2.24, 2.45) is 17.3 Å². The summed E-state index contributed by atoms with van der Waals surface area (Å²) in [6.45, 7) is 5.89. The quantitative estimate of drug-likeness (QED) is 0.744. The summed E-state index contributed by atoms with van der Waals surface area (Å²) in [5.74, 6) is -2.16. The van der Waals surface area contributed by atoms with Crippen LogP contribution in [-0.4, -0.2) is 39.2 Å². The monoisotopic (exact) mass is 275 g/mol. The number of carbonyl (C=O) groups is 2. The van der Waals surface area contributed by atoms with Crippen LogP contribution in [0.15, 0.2) is 0 Å². The molecule has 0 aromatic rings. The number of carboxylic acids is 1. The van der Waals surface area contributed by atoms with Gasteiger partial charge in [-0.2, -0.15) is 0 Å². The van der Waals surface area contributed by atoms with Gasteiger partial charge in [0.2, 0.25) is 5.91 Å². The van der Waals surface area contributed by atoms with E-state index in [2.05, 4.69) is 5.32 Å². The van der Waals surface area contributed by atoms with E-state index >= 15 is 0 Å². The molecule has 18 heavy (non-hydrogen) atoms. The highest BCUT2D eigenvalue weighted by molar-refractivity contribution is 7.84. The molecule has 1 saturated carbocycles. The van der Waals surface area contributed by atoms with Crippen LogP contribution in [0.25, 0.3) is 0 Å². The molecule has 2 N–H and O–H groups in total. The van der Waals surface area contributed by atoms with Crippen LogP contribution in [0.1, 0.15) is 27.2 Å². The Morgan fingerprint density at radius 1 is 1.39 bits per heavy atom. The van der Waals surface area contributed by atoms with Crippen LogP contribution in [0.2, 0.25) is 0 Å². The Labute approximate surface area is 110 Å². The predicted molar refractivity (Wildman–Crippen MR) is 69.6 cm³/mol. The van der Waals surface area contributed by atoms with Crippen molar-refractivity contribution in [2.45, 2.75) is 32.4 Å². The Morgan fingerprint density at radius 3 is 2.33 bits per heavy atom. The maximum absolute atomic E-state index is 11.8. The summed E-state index contributed by atoms with van der Waals surface area (Å²) in [6, 6.07) is 0. The number of nitrogens with one attached hydrogen (secondary N) is 1. The molecule has 1 fully saturated rings. The molecule has 0 radical (unpaired) electrons. The third-order valence-electron chi connectivity index (χ3n) is 3.79. The fourth-order valence-electron chi connectivity index (χ4n) is 2.26. The second-order valence-electron chi connectivity index (χ2n) is 5.50. The topological polar surface area (TPSA) is 83.5 Å². The van der Waals surface area contributed by atoms with Crippen LogP contribution in [0, 0.1) is 17.3 Å². The van der Waals surface area contributed by atoms with Crippen molar-refractivity contribution in [3.63, 3.8) is 0 Å². The minimum Gasteiger partial charge on any atom is -0.481 e. The van der Waals surface area contributed by atoms with Crippen LogP contribution in [0.5, 0.6) is 0 Å². The lowest BCUT2D eigenvalue weighted by Gasteiger charge is -2.09. The van der Waals surface area contributed by atoms with Gasteiger partial charge in [0.05, 0.1) is 11.8 Å². The number of hydrogen-bond donors (Lipinski definition) is 2. The minimum atomic E-state index is -0.914. The summed E-state index contributed by atoms with van der Waals surface area (Å²) in [5.41, 5.74) is -0.463. The number of carboxylic acid groups (broad SMARTS) is 1. The van der Waals surface area contributed by atoms with Crippen LogP contribution < -0.4 is 5.32 Å². The molecule has 0 heterocycles. The van der Waals surface area contributed by atoms with E-state index in [1.54, 1.807) is 20.1 Å². The molecule has 0 bridgehead atoms. The zero-order chi connectivity index (χ0) is 14.1. The van der Waals surface area contributed by atoms with Gasteiger partial charge in [-0.15, -0.1) is 0 Å². The Bertz CT molecular complexity index is 380. The SMILES string of the molecule is CC(CCNC(=O)C1C(C(=O)O)C1(C)C)S(C)=O. The average molecular weight is 275 g/mol. The van der Waals surface area contributed by atoms with Crippen LogP contribution in [0.4, 0.5) is 0 Å². The predicted octanol–water partition coefficient (Wildman–Crippen LogP) is 0.616. The Morgan fingerprint density at radius 2 is 1.94 bits per heavy atom. The van der Waals surface area contributed by atoms with Crippen molar-refractivity contribution in [3.05, 3.63) is 0 Å². The molecule has 4 atom stereocenters. The molecular weight excluding hydrogens is 254 g/mol. The number of carbonyl (C=O) groups excluding carboxylic acids is 1. The molecule has 0 aromatic heterocycles. The van der Waals surface area contributed by atoms with E-state index in [1.807, 2.05) is 6.92 Å². The molecule has 1 rings (SSSR count). The van der Waals surface area contributed by atoms with Gasteiger partial charge in [0.25, 0.3) is 0 Å². The fraction of sp³-hybridized carbons (Fsp3) is 0.833. The van der Waals surface area contributed by atoms with Crippen molar-refractivity contribution >= 4 is 22.7 Å². The molecule has 0 spiro atoms. The van der Waals surface area contributed by atoms with Crippen molar-refractivity contribution in [1.29, 1.82) is 0 Å². The van der Waals surface area contributed by atoms with E-state index in [0.717, 1.165) is 0 Å². The highest BCUT2D eigenvalue weighted by Gasteiger charge is 2.65. The summed E-state index contributed by atoms with van der Waals surface area (Å²) in [6.07, 6.45) is 2.27. The van der Waals surface area contributed by atoms with Gasteiger partial charge in [0.1, 0.15) is 0 Å². The van der Waals surface area contributed by atoms with Crippen molar-refractivity contribution in [3.8, 4) is 0 Å². The number of amides is 1. The summed E-state index contributed by atoms with van der Waals surface area (Å²) in [4.78, 5) is 22.8. The van der Waals surface area contributed by atoms with Gasteiger partial charge in [-0.3, -0.25) is 13.8 Å². The normalized spacial score (nSPS) is 28.2. The summed E-state index contributed by atoms with van der Waals surface area (Å²) in [5, 5.41) is 11.7. The molecule has 0 aromatic carbocycles. The number of aliphatic carboxylic acids is 1. The Hall–Kier alpha value is -0.910. The fourth-order valence-corrected chi connectivity index (χ4v) is 2.71. The Kier molecular flexibility index (Phi) is 4.53. The average Bonchev–Trinajstić information content (AvgIpc) is 2.81. The summed E-state index contributed by atoms with van der Waals surface area (Å²) >= 11 is 0. The first-order valence-corrected chi connectivity index (χ1v) is 7.64. The highest BCUT2D eigenvalue weighted by atomic mass is 32.2. The minimum absolute atomic E-state index is 0.0350. The molecule has 1 aliphatic carbocycles. The third-order valence-corrected chi connectivity index (χ3v) is 5.16. The maximum Gasteiger partial charge on any atom is 0.307 e. The van der Waals surface area contributed by atoms with E-state index in [1.165, 1.54) is 0 Å². The zero-order valence-corrected chi connectivity index (χ0v) is 12.0. The lowest BCUT2D eigenvalue weighted by atomic mass is 10.1. The van der Waals surface area contributed by atoms with Crippen LogP contribution in [0.3, 0.4) is 0 Å². The largest absolute Gasteiger partial charge is 0.481 e. The second-order valence-corrected chi connectivity index (χ2v) is 7.31. The maximum atomic E-state index is 11.8. The first-order valence-electron chi connectivity index (χ1n) is 6.02. The standard InChI is InChI=1S/C12H21NO4S/c1-7(18(4)17)5-6-13-10(14)8-9(11(15)16)12(8,2)3/h7-9H,5-6H2,1-4H3,(H,13,14)(H,15,16). The molecule has 5 nitrogen and oxygen atoms in total. The lowest BCUT2D eigenvalue weighted by Crippen LogP contribution is -2.30. The Balaban J connectivity index is 2.40. The van der Waals surface area contributed by atoms with E-state index in [0.29, 0.717) is 13.0 Å². The molecule has 0 saturated heterocycles. The van der Waals surface area contributed by atoms with E-state index in [9.17, 15) is 13.8 Å².